The number of hydrogen-bond donors (Lipinski definition) is 1. The first-order valence-corrected chi connectivity index (χ1v) is 8.12. The van der Waals surface area contributed by atoms with E-state index in [0.29, 0.717) is 6.54 Å². The summed E-state index contributed by atoms with van der Waals surface area (Å²) < 4.78 is 1.84. The fourth-order valence-corrected chi connectivity index (χ4v) is 2.50. The Balaban J connectivity index is 0.00000312. The molecule has 1 aromatic heterocycles. The summed E-state index contributed by atoms with van der Waals surface area (Å²) in [6, 6.07) is 10.5. The minimum absolute atomic E-state index is 0. The van der Waals surface area contributed by atoms with Gasteiger partial charge in [0.15, 0.2) is 5.96 Å². The molecule has 1 N–H and O–H groups in total. The maximum Gasteiger partial charge on any atom is 0.193 e. The Labute approximate surface area is 167 Å². The highest BCUT2D eigenvalue weighted by Gasteiger charge is 2.16. The summed E-state index contributed by atoms with van der Waals surface area (Å²) in [6.45, 7) is 1.44. The molecule has 2 rings (SSSR count). The molecule has 7 heteroatoms. The maximum absolute atomic E-state index is 4.72. The van der Waals surface area contributed by atoms with Crippen LogP contribution in [0.15, 0.2) is 47.7 Å². The zero-order chi connectivity index (χ0) is 17.5. The van der Waals surface area contributed by atoms with Crippen molar-refractivity contribution in [1.82, 2.24) is 24.9 Å². The molecule has 0 aliphatic carbocycles. The minimum atomic E-state index is 0. The van der Waals surface area contributed by atoms with Crippen molar-refractivity contribution < 1.29 is 0 Å². The van der Waals surface area contributed by atoms with Gasteiger partial charge in [0.05, 0.1) is 18.8 Å². The third kappa shape index (κ3) is 6.66. The number of nitrogens with one attached hydrogen (secondary N) is 1. The molecular formula is C18H29IN6. The van der Waals surface area contributed by atoms with Gasteiger partial charge in [0.1, 0.15) is 0 Å². The molecule has 2 aromatic rings. The summed E-state index contributed by atoms with van der Waals surface area (Å²) in [5, 5.41) is 7.76. The number of rotatable bonds is 6. The molecule has 0 aliphatic heterocycles. The summed E-state index contributed by atoms with van der Waals surface area (Å²) in [5.41, 5.74) is 2.39. The minimum Gasteiger partial charge on any atom is -0.354 e. The quantitative estimate of drug-likeness (QED) is 0.412. The summed E-state index contributed by atoms with van der Waals surface area (Å²) in [4.78, 5) is 8.92. The second-order valence-corrected chi connectivity index (χ2v) is 6.33. The van der Waals surface area contributed by atoms with Crippen LogP contribution in [0.4, 0.5) is 0 Å². The van der Waals surface area contributed by atoms with E-state index in [2.05, 4.69) is 47.7 Å². The number of hydrogen-bond acceptors (Lipinski definition) is 3. The molecule has 0 saturated heterocycles. The second-order valence-electron chi connectivity index (χ2n) is 6.33. The van der Waals surface area contributed by atoms with Crippen LogP contribution in [-0.4, -0.2) is 60.3 Å². The van der Waals surface area contributed by atoms with Gasteiger partial charge in [-0.1, -0.05) is 30.3 Å². The molecular weight excluding hydrogens is 427 g/mol. The van der Waals surface area contributed by atoms with Gasteiger partial charge in [-0.3, -0.25) is 4.68 Å². The van der Waals surface area contributed by atoms with E-state index < -0.39 is 0 Å². The van der Waals surface area contributed by atoms with Crippen LogP contribution in [-0.2, 0) is 13.6 Å². The Morgan fingerprint density at radius 3 is 2.40 bits per heavy atom. The van der Waals surface area contributed by atoms with Gasteiger partial charge in [-0.2, -0.15) is 5.10 Å². The maximum atomic E-state index is 4.72. The van der Waals surface area contributed by atoms with Gasteiger partial charge in [0.25, 0.3) is 0 Å². The van der Waals surface area contributed by atoms with Gasteiger partial charge in [-0.05, 0) is 19.7 Å². The standard InChI is InChI=1S/C18H28N6.HI/c1-22(2)17(16-12-21-24(5)14-16)13-20-18(23(3)4)19-11-15-9-7-6-8-10-15;/h6-10,12,14,17H,11,13H2,1-5H3,(H,19,20);1H. The summed E-state index contributed by atoms with van der Waals surface area (Å²) in [7, 11) is 10.1. The van der Waals surface area contributed by atoms with Crippen LogP contribution in [0.25, 0.3) is 0 Å². The van der Waals surface area contributed by atoms with E-state index in [-0.39, 0.29) is 30.0 Å². The molecule has 1 atom stereocenters. The molecule has 6 nitrogen and oxygen atoms in total. The molecule has 25 heavy (non-hydrogen) atoms. The number of likely N-dealkylation sites (N-methyl/N-ethyl adjacent to an activating group) is 1. The number of nitrogens with zero attached hydrogens (tertiary/aromatic N) is 5. The van der Waals surface area contributed by atoms with E-state index in [4.69, 9.17) is 4.99 Å². The Hall–Kier alpha value is -1.61. The molecule has 138 valence electrons. The van der Waals surface area contributed by atoms with E-state index in [1.807, 2.05) is 55.1 Å². The topological polar surface area (TPSA) is 48.7 Å². The molecule has 1 aromatic carbocycles. The summed E-state index contributed by atoms with van der Waals surface area (Å²) >= 11 is 0. The molecule has 0 amide bonds. The van der Waals surface area contributed by atoms with Crippen molar-refractivity contribution in [2.45, 2.75) is 12.6 Å². The number of aliphatic imine (C=N–C) groups is 1. The van der Waals surface area contributed by atoms with E-state index in [1.165, 1.54) is 11.1 Å². The molecule has 0 fully saturated rings. The predicted molar refractivity (Wildman–Crippen MR) is 114 cm³/mol. The van der Waals surface area contributed by atoms with Crippen molar-refractivity contribution in [1.29, 1.82) is 0 Å². The highest BCUT2D eigenvalue weighted by Crippen LogP contribution is 2.16. The lowest BCUT2D eigenvalue weighted by Crippen LogP contribution is -2.41. The van der Waals surface area contributed by atoms with Crippen molar-refractivity contribution in [3.63, 3.8) is 0 Å². The average Bonchev–Trinajstić information content (AvgIpc) is 2.97. The lowest BCUT2D eigenvalue weighted by atomic mass is 10.1. The van der Waals surface area contributed by atoms with Crippen molar-refractivity contribution >= 4 is 29.9 Å². The van der Waals surface area contributed by atoms with Crippen molar-refractivity contribution in [2.24, 2.45) is 12.0 Å². The highest BCUT2D eigenvalue weighted by molar-refractivity contribution is 14.0. The zero-order valence-corrected chi connectivity index (χ0v) is 18.0. The smallest absolute Gasteiger partial charge is 0.193 e. The Morgan fingerprint density at radius 1 is 1.20 bits per heavy atom. The first-order valence-electron chi connectivity index (χ1n) is 8.12. The first-order chi connectivity index (χ1) is 11.5. The van der Waals surface area contributed by atoms with Gasteiger partial charge in [0.2, 0.25) is 0 Å². The van der Waals surface area contributed by atoms with Gasteiger partial charge in [-0.25, -0.2) is 4.99 Å². The molecule has 1 heterocycles. The van der Waals surface area contributed by atoms with Crippen LogP contribution < -0.4 is 5.32 Å². The van der Waals surface area contributed by atoms with Crippen molar-refractivity contribution in [2.75, 3.05) is 34.7 Å². The zero-order valence-electron chi connectivity index (χ0n) is 15.7. The van der Waals surface area contributed by atoms with Gasteiger partial charge >= 0.3 is 0 Å². The fourth-order valence-electron chi connectivity index (χ4n) is 2.50. The van der Waals surface area contributed by atoms with Gasteiger partial charge < -0.3 is 15.1 Å². The number of benzene rings is 1. The lowest BCUT2D eigenvalue weighted by molar-refractivity contribution is 0.296. The molecule has 0 saturated carbocycles. The Kier molecular flexibility index (Phi) is 8.91. The van der Waals surface area contributed by atoms with E-state index in [9.17, 15) is 0 Å². The third-order valence-corrected chi connectivity index (χ3v) is 3.86. The molecule has 0 bridgehead atoms. The van der Waals surface area contributed by atoms with E-state index >= 15 is 0 Å². The van der Waals surface area contributed by atoms with E-state index in [1.54, 1.807) is 0 Å². The number of aromatic nitrogens is 2. The number of aryl methyl sites for hydroxylation is 1. The SMILES string of the molecule is CN(C)C(=NCc1ccccc1)NCC(c1cnn(C)c1)N(C)C.I. The lowest BCUT2D eigenvalue weighted by Gasteiger charge is -2.26. The van der Waals surface area contributed by atoms with Crippen LogP contribution in [0.2, 0.25) is 0 Å². The highest BCUT2D eigenvalue weighted by atomic mass is 127. The van der Waals surface area contributed by atoms with Gasteiger partial charge in [-0.15, -0.1) is 24.0 Å². The van der Waals surface area contributed by atoms with Crippen molar-refractivity contribution in [3.05, 3.63) is 53.9 Å². The monoisotopic (exact) mass is 456 g/mol. The van der Waals surface area contributed by atoms with Crippen LogP contribution >= 0.6 is 24.0 Å². The van der Waals surface area contributed by atoms with Crippen molar-refractivity contribution in [3.8, 4) is 0 Å². The predicted octanol–water partition coefficient (Wildman–Crippen LogP) is 2.35. The number of halogens is 1. The summed E-state index contributed by atoms with van der Waals surface area (Å²) in [5.74, 6) is 0.884. The third-order valence-electron chi connectivity index (χ3n) is 3.86. The van der Waals surface area contributed by atoms with E-state index in [0.717, 1.165) is 12.5 Å². The number of guanidine groups is 1. The Bertz CT molecular complexity index is 651. The first kappa shape index (κ1) is 21.4. The largest absolute Gasteiger partial charge is 0.354 e. The summed E-state index contributed by atoms with van der Waals surface area (Å²) in [6.07, 6.45) is 3.98. The molecule has 1 unspecified atom stereocenters. The normalized spacial score (nSPS) is 12.6. The Morgan fingerprint density at radius 2 is 1.88 bits per heavy atom. The molecule has 0 aliphatic rings. The van der Waals surface area contributed by atoms with Crippen LogP contribution in [0.3, 0.4) is 0 Å². The fraction of sp³-hybridized carbons (Fsp3) is 0.444. The van der Waals surface area contributed by atoms with Crippen LogP contribution in [0.1, 0.15) is 17.2 Å². The van der Waals surface area contributed by atoms with Crippen LogP contribution in [0.5, 0.6) is 0 Å². The van der Waals surface area contributed by atoms with Crippen LogP contribution in [0, 0.1) is 0 Å². The second kappa shape index (κ2) is 10.4. The van der Waals surface area contributed by atoms with Gasteiger partial charge in [0, 0.05) is 39.4 Å². The molecule has 0 radical (unpaired) electrons. The molecule has 0 spiro atoms. The average molecular weight is 456 g/mol.